The minimum atomic E-state index is 0.0743. The van der Waals surface area contributed by atoms with Gasteiger partial charge in [0.25, 0.3) is 5.91 Å². The minimum absolute atomic E-state index is 0.0743. The highest BCUT2D eigenvalue weighted by molar-refractivity contribution is 7.13. The smallest absolute Gasteiger partial charge is 0.254 e. The van der Waals surface area contributed by atoms with E-state index >= 15 is 0 Å². The quantitative estimate of drug-likeness (QED) is 0.607. The Morgan fingerprint density at radius 1 is 1.29 bits per heavy atom. The zero-order valence-electron chi connectivity index (χ0n) is 18.2. The number of pyridine rings is 1. The molecule has 0 N–H and O–H groups in total. The number of carbonyl (C=O) groups excluding carboxylic acids is 1. The second-order valence-corrected chi connectivity index (χ2v) is 9.63. The van der Waals surface area contributed by atoms with E-state index in [2.05, 4.69) is 23.8 Å². The Bertz CT molecular complexity index is 1050. The molecule has 0 saturated carbocycles. The van der Waals surface area contributed by atoms with Crippen LogP contribution in [0.25, 0.3) is 21.6 Å². The molecule has 0 aliphatic carbocycles. The van der Waals surface area contributed by atoms with Crippen LogP contribution in [0.1, 0.15) is 43.1 Å². The number of hydrogen-bond acceptors (Lipinski definition) is 6. The predicted octanol–water partition coefficient (Wildman–Crippen LogP) is 3.68. The van der Waals surface area contributed by atoms with Gasteiger partial charge in [-0.1, -0.05) is 6.07 Å². The van der Waals surface area contributed by atoms with Gasteiger partial charge in [-0.05, 0) is 44.2 Å². The SMILES string of the molecule is CC(C)n1ncc2c(C(=O)N3CCN(CC4CCCO4)CC3)cc(-c3cccs3)nc21. The fraction of sp³-hybridized carbons (Fsp3) is 0.522. The summed E-state index contributed by atoms with van der Waals surface area (Å²) in [5.74, 6) is 0.0743. The summed E-state index contributed by atoms with van der Waals surface area (Å²) in [5.41, 5.74) is 2.32. The zero-order chi connectivity index (χ0) is 21.4. The van der Waals surface area contributed by atoms with Gasteiger partial charge < -0.3 is 9.64 Å². The summed E-state index contributed by atoms with van der Waals surface area (Å²) in [5, 5.41) is 7.41. The van der Waals surface area contributed by atoms with E-state index in [0.29, 0.717) is 11.7 Å². The van der Waals surface area contributed by atoms with Gasteiger partial charge in [-0.25, -0.2) is 9.67 Å². The molecule has 0 spiro atoms. The molecule has 8 heteroatoms. The van der Waals surface area contributed by atoms with E-state index in [9.17, 15) is 4.79 Å². The molecule has 0 bridgehead atoms. The first-order valence-electron chi connectivity index (χ1n) is 11.2. The first-order valence-corrected chi connectivity index (χ1v) is 12.0. The number of piperazine rings is 1. The molecular formula is C23H29N5O2S. The van der Waals surface area contributed by atoms with Crippen LogP contribution in [-0.2, 0) is 4.74 Å². The zero-order valence-corrected chi connectivity index (χ0v) is 19.0. The van der Waals surface area contributed by atoms with Crippen LogP contribution in [-0.4, -0.2) is 75.9 Å². The molecule has 1 unspecified atom stereocenters. The number of hydrogen-bond donors (Lipinski definition) is 0. The van der Waals surface area contributed by atoms with Crippen molar-refractivity contribution in [1.29, 1.82) is 0 Å². The van der Waals surface area contributed by atoms with Gasteiger partial charge in [-0.2, -0.15) is 5.10 Å². The van der Waals surface area contributed by atoms with Crippen molar-refractivity contribution in [3.05, 3.63) is 35.3 Å². The van der Waals surface area contributed by atoms with Gasteiger partial charge in [0.1, 0.15) is 0 Å². The molecule has 3 aromatic heterocycles. The molecule has 5 heterocycles. The first kappa shape index (κ1) is 20.6. The molecule has 3 aromatic rings. The van der Waals surface area contributed by atoms with Crippen molar-refractivity contribution in [2.24, 2.45) is 0 Å². The van der Waals surface area contributed by atoms with Crippen molar-refractivity contribution in [2.75, 3.05) is 39.3 Å². The fourth-order valence-electron chi connectivity index (χ4n) is 4.50. The van der Waals surface area contributed by atoms with E-state index in [4.69, 9.17) is 9.72 Å². The maximum atomic E-state index is 13.6. The van der Waals surface area contributed by atoms with Crippen molar-refractivity contribution in [3.63, 3.8) is 0 Å². The molecule has 31 heavy (non-hydrogen) atoms. The Kier molecular flexibility index (Phi) is 5.77. The standard InChI is InChI=1S/C23H29N5O2S/c1-16(2)28-22-19(14-24-28)18(13-20(25-22)21-6-4-12-31-21)23(29)27-9-7-26(8-10-27)15-17-5-3-11-30-17/h4,6,12-14,16-17H,3,5,7-11,15H2,1-2H3. The topological polar surface area (TPSA) is 63.5 Å². The molecule has 5 rings (SSSR count). The Morgan fingerprint density at radius 2 is 2.13 bits per heavy atom. The van der Waals surface area contributed by atoms with Crippen LogP contribution < -0.4 is 0 Å². The van der Waals surface area contributed by atoms with Gasteiger partial charge >= 0.3 is 0 Å². The second kappa shape index (κ2) is 8.68. The highest BCUT2D eigenvalue weighted by Crippen LogP contribution is 2.30. The maximum Gasteiger partial charge on any atom is 0.254 e. The number of nitrogens with zero attached hydrogens (tertiary/aromatic N) is 5. The molecule has 2 aliphatic heterocycles. The summed E-state index contributed by atoms with van der Waals surface area (Å²) in [6.45, 7) is 9.29. The van der Waals surface area contributed by atoms with Gasteiger partial charge in [0, 0.05) is 45.4 Å². The molecule has 164 valence electrons. The third-order valence-electron chi connectivity index (χ3n) is 6.21. The van der Waals surface area contributed by atoms with Gasteiger partial charge in [-0.3, -0.25) is 9.69 Å². The highest BCUT2D eigenvalue weighted by Gasteiger charge is 2.27. The number of ether oxygens (including phenoxy) is 1. The molecular weight excluding hydrogens is 410 g/mol. The molecule has 2 saturated heterocycles. The van der Waals surface area contributed by atoms with Crippen LogP contribution in [0.5, 0.6) is 0 Å². The lowest BCUT2D eigenvalue weighted by Crippen LogP contribution is -2.50. The summed E-state index contributed by atoms with van der Waals surface area (Å²) in [6, 6.07) is 6.18. The van der Waals surface area contributed by atoms with E-state index in [1.165, 1.54) is 0 Å². The summed E-state index contributed by atoms with van der Waals surface area (Å²) >= 11 is 1.64. The first-order chi connectivity index (χ1) is 15.1. The van der Waals surface area contributed by atoms with E-state index < -0.39 is 0 Å². The van der Waals surface area contributed by atoms with Crippen LogP contribution >= 0.6 is 11.3 Å². The molecule has 1 atom stereocenters. The van der Waals surface area contributed by atoms with Crippen molar-refractivity contribution >= 4 is 28.3 Å². The van der Waals surface area contributed by atoms with E-state index in [0.717, 1.165) is 73.8 Å². The number of rotatable bonds is 5. The molecule has 0 radical (unpaired) electrons. The van der Waals surface area contributed by atoms with Gasteiger partial charge in [0.05, 0.1) is 33.8 Å². The number of amides is 1. The van der Waals surface area contributed by atoms with Gasteiger partial charge in [0.15, 0.2) is 5.65 Å². The van der Waals surface area contributed by atoms with Crippen molar-refractivity contribution < 1.29 is 9.53 Å². The van der Waals surface area contributed by atoms with Crippen molar-refractivity contribution in [1.82, 2.24) is 24.6 Å². The van der Waals surface area contributed by atoms with E-state index in [-0.39, 0.29) is 11.9 Å². The lowest BCUT2D eigenvalue weighted by molar-refractivity contribution is 0.0433. The number of thiophene rings is 1. The average molecular weight is 440 g/mol. The molecule has 7 nitrogen and oxygen atoms in total. The third-order valence-corrected chi connectivity index (χ3v) is 7.10. The number of aromatic nitrogens is 3. The molecule has 2 aliphatic rings. The van der Waals surface area contributed by atoms with Crippen LogP contribution in [0.4, 0.5) is 0 Å². The molecule has 1 amide bonds. The largest absolute Gasteiger partial charge is 0.377 e. The predicted molar refractivity (Wildman–Crippen MR) is 123 cm³/mol. The molecule has 2 fully saturated rings. The van der Waals surface area contributed by atoms with Crippen LogP contribution in [0.3, 0.4) is 0 Å². The summed E-state index contributed by atoms with van der Waals surface area (Å²) in [7, 11) is 0. The maximum absolute atomic E-state index is 13.6. The number of fused-ring (bicyclic) bond motifs is 1. The third kappa shape index (κ3) is 4.12. The fourth-order valence-corrected chi connectivity index (χ4v) is 5.19. The Labute approximate surface area is 186 Å². The Hall–Kier alpha value is -2.29. The lowest BCUT2D eigenvalue weighted by Gasteiger charge is -2.35. The van der Waals surface area contributed by atoms with E-state index in [1.54, 1.807) is 17.5 Å². The Morgan fingerprint density at radius 3 is 2.81 bits per heavy atom. The van der Waals surface area contributed by atoms with Crippen LogP contribution in [0, 0.1) is 0 Å². The summed E-state index contributed by atoms with van der Waals surface area (Å²) in [4.78, 5) is 23.9. The highest BCUT2D eigenvalue weighted by atomic mass is 32.1. The van der Waals surface area contributed by atoms with Crippen molar-refractivity contribution in [3.8, 4) is 10.6 Å². The van der Waals surface area contributed by atoms with Gasteiger partial charge in [0.2, 0.25) is 0 Å². The van der Waals surface area contributed by atoms with Crippen LogP contribution in [0.15, 0.2) is 29.8 Å². The van der Waals surface area contributed by atoms with E-state index in [1.807, 2.05) is 33.2 Å². The van der Waals surface area contributed by atoms with Crippen molar-refractivity contribution in [2.45, 2.75) is 38.8 Å². The lowest BCUT2D eigenvalue weighted by atomic mass is 10.1. The monoisotopic (exact) mass is 439 g/mol. The molecule has 0 aromatic carbocycles. The number of carbonyl (C=O) groups is 1. The van der Waals surface area contributed by atoms with Crippen LogP contribution in [0.2, 0.25) is 0 Å². The van der Waals surface area contributed by atoms with Gasteiger partial charge in [-0.15, -0.1) is 11.3 Å². The minimum Gasteiger partial charge on any atom is -0.377 e. The summed E-state index contributed by atoms with van der Waals surface area (Å²) < 4.78 is 7.69. The normalized spacial score (nSPS) is 20.2. The summed E-state index contributed by atoms with van der Waals surface area (Å²) in [6.07, 6.45) is 4.47. The average Bonchev–Trinajstić information content (AvgIpc) is 3.54. The Balaban J connectivity index is 1.40. The second-order valence-electron chi connectivity index (χ2n) is 8.68.